The van der Waals surface area contributed by atoms with Crippen LogP contribution in [0, 0.1) is 11.3 Å². The lowest BCUT2D eigenvalue weighted by atomic mass is 10.1. The number of benzene rings is 2. The summed E-state index contributed by atoms with van der Waals surface area (Å²) in [6.07, 6.45) is 1.54. The lowest BCUT2D eigenvalue weighted by molar-refractivity contribution is -0.123. The fraction of sp³-hybridized carbons (Fsp3) is 0.318. The summed E-state index contributed by atoms with van der Waals surface area (Å²) < 4.78 is 17.3. The van der Waals surface area contributed by atoms with Crippen molar-refractivity contribution >= 4 is 28.1 Å². The van der Waals surface area contributed by atoms with Crippen molar-refractivity contribution in [1.29, 1.82) is 5.26 Å². The number of nitrogens with zero attached hydrogens (tertiary/aromatic N) is 3. The molecule has 1 saturated heterocycles. The molecule has 1 aliphatic heterocycles. The van der Waals surface area contributed by atoms with Gasteiger partial charge in [-0.3, -0.25) is 9.69 Å². The Kier molecular flexibility index (Phi) is 8.41. The summed E-state index contributed by atoms with van der Waals surface area (Å²) in [6.45, 7) is 3.26. The van der Waals surface area contributed by atoms with E-state index in [2.05, 4.69) is 32.5 Å². The Morgan fingerprint density at radius 3 is 2.84 bits per heavy atom. The van der Waals surface area contributed by atoms with Crippen molar-refractivity contribution in [2.75, 3.05) is 40.0 Å². The van der Waals surface area contributed by atoms with Crippen molar-refractivity contribution in [2.24, 2.45) is 5.10 Å². The molecule has 1 aliphatic rings. The highest BCUT2D eigenvalue weighted by Crippen LogP contribution is 2.33. The van der Waals surface area contributed by atoms with E-state index in [0.29, 0.717) is 35.8 Å². The van der Waals surface area contributed by atoms with Crippen LogP contribution >= 0.6 is 15.9 Å². The van der Waals surface area contributed by atoms with Crippen LogP contribution < -0.4 is 14.9 Å². The number of halogens is 1. The molecule has 162 valence electrons. The van der Waals surface area contributed by atoms with Crippen molar-refractivity contribution in [2.45, 2.75) is 6.61 Å². The normalized spacial score (nSPS) is 14.2. The number of rotatable bonds is 8. The zero-order valence-corrected chi connectivity index (χ0v) is 18.7. The third kappa shape index (κ3) is 6.52. The van der Waals surface area contributed by atoms with E-state index in [9.17, 15) is 10.1 Å². The van der Waals surface area contributed by atoms with Gasteiger partial charge in [-0.05, 0) is 34.1 Å². The second-order valence-electron chi connectivity index (χ2n) is 6.76. The molecule has 8 nitrogen and oxygen atoms in total. The van der Waals surface area contributed by atoms with E-state index in [1.165, 1.54) is 0 Å². The number of hydrazone groups is 1. The average Bonchev–Trinajstić information content (AvgIpc) is 2.79. The van der Waals surface area contributed by atoms with Gasteiger partial charge in [-0.15, -0.1) is 0 Å². The van der Waals surface area contributed by atoms with Gasteiger partial charge in [-0.1, -0.05) is 18.2 Å². The van der Waals surface area contributed by atoms with E-state index in [1.807, 2.05) is 23.1 Å². The summed E-state index contributed by atoms with van der Waals surface area (Å²) in [5, 5.41) is 13.3. The molecule has 2 aromatic carbocycles. The lowest BCUT2D eigenvalue weighted by Crippen LogP contribution is -2.42. The number of carbonyl (C=O) groups is 1. The molecular weight excluding hydrogens is 464 g/mol. The molecule has 0 atom stereocenters. The largest absolute Gasteiger partial charge is 0.493 e. The van der Waals surface area contributed by atoms with Crippen molar-refractivity contribution in [3.63, 3.8) is 0 Å². The first-order chi connectivity index (χ1) is 15.1. The minimum absolute atomic E-state index is 0.183. The van der Waals surface area contributed by atoms with Gasteiger partial charge in [0.2, 0.25) is 0 Å². The highest BCUT2D eigenvalue weighted by molar-refractivity contribution is 9.10. The smallest absolute Gasteiger partial charge is 0.254 e. The molecule has 0 aliphatic carbocycles. The van der Waals surface area contributed by atoms with Crippen LogP contribution in [0.15, 0.2) is 46.0 Å². The average molecular weight is 487 g/mol. The van der Waals surface area contributed by atoms with Gasteiger partial charge in [-0.2, -0.15) is 10.4 Å². The van der Waals surface area contributed by atoms with Gasteiger partial charge in [0.1, 0.15) is 6.61 Å². The highest BCUT2D eigenvalue weighted by atomic mass is 79.9. The number of morpholine rings is 1. The number of nitriles is 1. The van der Waals surface area contributed by atoms with Crippen LogP contribution in [0.3, 0.4) is 0 Å². The maximum atomic E-state index is 12.0. The van der Waals surface area contributed by atoms with E-state index in [-0.39, 0.29) is 19.1 Å². The zero-order chi connectivity index (χ0) is 22.1. The minimum Gasteiger partial charge on any atom is -0.493 e. The van der Waals surface area contributed by atoms with Gasteiger partial charge >= 0.3 is 0 Å². The molecular formula is C22H23BrN4O4. The summed E-state index contributed by atoms with van der Waals surface area (Å²) >= 11 is 3.50. The van der Waals surface area contributed by atoms with Gasteiger partial charge in [-0.25, -0.2) is 5.43 Å². The van der Waals surface area contributed by atoms with Gasteiger partial charge in [0.25, 0.3) is 5.91 Å². The Morgan fingerprint density at radius 1 is 1.32 bits per heavy atom. The monoisotopic (exact) mass is 486 g/mol. The first kappa shape index (κ1) is 22.7. The topological polar surface area (TPSA) is 96.2 Å². The molecule has 0 saturated carbocycles. The number of amides is 1. The van der Waals surface area contributed by atoms with Crippen LogP contribution in [-0.4, -0.2) is 57.0 Å². The van der Waals surface area contributed by atoms with Crippen LogP contribution in [-0.2, 0) is 16.1 Å². The Balaban J connectivity index is 1.62. The van der Waals surface area contributed by atoms with Crippen molar-refractivity contribution < 1.29 is 19.0 Å². The van der Waals surface area contributed by atoms with E-state index in [1.54, 1.807) is 31.5 Å². The summed E-state index contributed by atoms with van der Waals surface area (Å²) in [4.78, 5) is 14.1. The maximum absolute atomic E-state index is 12.0. The molecule has 0 radical (unpaired) electrons. The molecule has 0 unspecified atom stereocenters. The Morgan fingerprint density at radius 2 is 2.10 bits per heavy atom. The predicted octanol–water partition coefficient (Wildman–Crippen LogP) is 2.69. The second kappa shape index (κ2) is 11.5. The van der Waals surface area contributed by atoms with Crippen molar-refractivity contribution in [3.05, 3.63) is 57.6 Å². The molecule has 1 amide bonds. The molecule has 2 aromatic rings. The lowest BCUT2D eigenvalue weighted by Gasteiger charge is -2.25. The van der Waals surface area contributed by atoms with Crippen LogP contribution in [0.1, 0.15) is 16.7 Å². The first-order valence-electron chi connectivity index (χ1n) is 9.71. The SMILES string of the molecule is COc1cc(/C=N\NC(=O)CN2CCOCC2)c(Br)cc1OCc1ccccc1C#N. The predicted molar refractivity (Wildman–Crippen MR) is 119 cm³/mol. The fourth-order valence-electron chi connectivity index (χ4n) is 3.00. The number of nitrogens with one attached hydrogen (secondary N) is 1. The third-order valence-corrected chi connectivity index (χ3v) is 5.35. The van der Waals surface area contributed by atoms with Crippen molar-refractivity contribution in [3.8, 4) is 17.6 Å². The van der Waals surface area contributed by atoms with Gasteiger partial charge in [0.15, 0.2) is 11.5 Å². The van der Waals surface area contributed by atoms with Crippen LogP contribution in [0.5, 0.6) is 11.5 Å². The van der Waals surface area contributed by atoms with Crippen LogP contribution in [0.2, 0.25) is 0 Å². The first-order valence-corrected chi connectivity index (χ1v) is 10.5. The molecule has 1 N–H and O–H groups in total. The molecule has 1 fully saturated rings. The molecule has 1 heterocycles. The number of hydrogen-bond acceptors (Lipinski definition) is 7. The number of methoxy groups -OCH3 is 1. The maximum Gasteiger partial charge on any atom is 0.254 e. The van der Waals surface area contributed by atoms with Gasteiger partial charge in [0.05, 0.1) is 44.7 Å². The molecule has 0 spiro atoms. The van der Waals surface area contributed by atoms with Gasteiger partial charge < -0.3 is 14.2 Å². The Bertz CT molecular complexity index is 984. The highest BCUT2D eigenvalue weighted by Gasteiger charge is 2.14. The zero-order valence-electron chi connectivity index (χ0n) is 17.1. The summed E-state index contributed by atoms with van der Waals surface area (Å²) in [5.74, 6) is 0.853. The fourth-order valence-corrected chi connectivity index (χ4v) is 3.43. The Labute approximate surface area is 189 Å². The van der Waals surface area contributed by atoms with E-state index in [4.69, 9.17) is 14.2 Å². The molecule has 0 bridgehead atoms. The molecule has 31 heavy (non-hydrogen) atoms. The summed E-state index contributed by atoms with van der Waals surface area (Å²) in [5.41, 5.74) is 4.61. The second-order valence-corrected chi connectivity index (χ2v) is 7.62. The van der Waals surface area contributed by atoms with E-state index < -0.39 is 0 Å². The molecule has 0 aromatic heterocycles. The number of carbonyl (C=O) groups excluding carboxylic acids is 1. The van der Waals surface area contributed by atoms with Gasteiger partial charge in [0, 0.05) is 28.7 Å². The quantitative estimate of drug-likeness (QED) is 0.455. The summed E-state index contributed by atoms with van der Waals surface area (Å²) in [7, 11) is 1.55. The van der Waals surface area contributed by atoms with Crippen LogP contribution in [0.25, 0.3) is 0 Å². The summed E-state index contributed by atoms with van der Waals surface area (Å²) in [6, 6.07) is 13.0. The Hall–Kier alpha value is -2.93. The standard InChI is InChI=1S/C22H23BrN4O4/c1-29-20-10-18(13-25-26-22(28)14-27-6-8-30-9-7-27)19(23)11-21(20)31-15-17-5-3-2-4-16(17)12-24/h2-5,10-11,13H,6-9,14-15H2,1H3,(H,26,28)/b25-13-. The third-order valence-electron chi connectivity index (χ3n) is 4.67. The molecule has 3 rings (SSSR count). The molecule has 9 heteroatoms. The van der Waals surface area contributed by atoms with Crippen LogP contribution in [0.4, 0.5) is 0 Å². The number of ether oxygens (including phenoxy) is 3. The van der Waals surface area contributed by atoms with Crippen molar-refractivity contribution in [1.82, 2.24) is 10.3 Å². The van der Waals surface area contributed by atoms with E-state index >= 15 is 0 Å². The van der Waals surface area contributed by atoms with E-state index in [0.717, 1.165) is 23.1 Å². The number of hydrogen-bond donors (Lipinski definition) is 1. The minimum atomic E-state index is -0.183.